The number of hydrogen-bond acceptors (Lipinski definition) is 4. The third-order valence-corrected chi connectivity index (χ3v) is 3.45. The summed E-state index contributed by atoms with van der Waals surface area (Å²) in [5.41, 5.74) is 0.731. The van der Waals surface area contributed by atoms with Crippen LogP contribution in [-0.4, -0.2) is 51.9 Å². The van der Waals surface area contributed by atoms with Gasteiger partial charge in [-0.05, 0) is 6.07 Å². The van der Waals surface area contributed by atoms with Gasteiger partial charge >= 0.3 is 5.97 Å². The number of aryl methyl sites for hydroxylation is 1. The molecular weight excluding hydrogens is 250 g/mol. The Morgan fingerprint density at radius 3 is 2.89 bits per heavy atom. The lowest BCUT2D eigenvalue weighted by Gasteiger charge is -2.26. The van der Waals surface area contributed by atoms with Crippen molar-refractivity contribution in [2.24, 2.45) is 13.0 Å². The number of hydrogen-bond donors (Lipinski definition) is 1. The smallest absolute Gasteiger partial charge is 0.309 e. The van der Waals surface area contributed by atoms with Gasteiger partial charge in [0.2, 0.25) is 5.91 Å². The van der Waals surface area contributed by atoms with E-state index in [4.69, 9.17) is 4.74 Å². The van der Waals surface area contributed by atoms with Gasteiger partial charge in [0.1, 0.15) is 0 Å². The lowest BCUT2D eigenvalue weighted by molar-refractivity contribution is -0.142. The van der Waals surface area contributed by atoms with E-state index in [1.165, 1.54) is 0 Å². The highest BCUT2D eigenvalue weighted by Gasteiger charge is 2.45. The zero-order valence-corrected chi connectivity index (χ0v) is 10.9. The molecule has 0 aromatic carbocycles. The summed E-state index contributed by atoms with van der Waals surface area (Å²) in [6, 6.07) is 1.27. The fraction of sp³-hybridized carbons (Fsp3) is 0.583. The Hall–Kier alpha value is -1.89. The zero-order valence-electron chi connectivity index (χ0n) is 10.9. The number of nitrogens with zero attached hydrogens (tertiary/aromatic N) is 3. The Morgan fingerprint density at radius 2 is 2.37 bits per heavy atom. The van der Waals surface area contributed by atoms with Gasteiger partial charge in [-0.15, -0.1) is 0 Å². The van der Waals surface area contributed by atoms with Crippen LogP contribution in [0.5, 0.6) is 0 Å². The number of amides is 1. The molecule has 1 saturated heterocycles. The van der Waals surface area contributed by atoms with E-state index in [1.807, 2.05) is 0 Å². The van der Waals surface area contributed by atoms with E-state index in [2.05, 4.69) is 5.10 Å². The van der Waals surface area contributed by atoms with Gasteiger partial charge in [0.05, 0.1) is 24.3 Å². The number of carboxylic acid groups (broad SMARTS) is 1. The van der Waals surface area contributed by atoms with Gasteiger partial charge in [0.15, 0.2) is 0 Å². The van der Waals surface area contributed by atoms with Crippen molar-refractivity contribution in [3.8, 4) is 0 Å². The Morgan fingerprint density at radius 1 is 1.63 bits per heavy atom. The molecule has 104 valence electrons. The average molecular weight is 267 g/mol. The molecule has 1 aromatic heterocycles. The summed E-state index contributed by atoms with van der Waals surface area (Å²) in [5.74, 6) is -1.85. The summed E-state index contributed by atoms with van der Waals surface area (Å²) in [6.07, 6.45) is 1.63. The molecule has 1 aromatic rings. The normalized spacial score (nSPS) is 23.1. The first-order valence-corrected chi connectivity index (χ1v) is 6.05. The lowest BCUT2D eigenvalue weighted by Crippen LogP contribution is -2.34. The second-order valence-corrected chi connectivity index (χ2v) is 4.55. The van der Waals surface area contributed by atoms with Crippen LogP contribution in [0.2, 0.25) is 0 Å². The van der Waals surface area contributed by atoms with Gasteiger partial charge in [-0.25, -0.2) is 0 Å². The summed E-state index contributed by atoms with van der Waals surface area (Å²) < 4.78 is 6.59. The Balaban J connectivity index is 2.33. The maximum atomic E-state index is 12.0. The molecule has 0 saturated carbocycles. The standard InChI is InChI=1S/C12H17N3O4/c1-14-9(3-4-13-14)11-8(12(17)18)7-10(16)15(11)5-6-19-2/h3-4,8,11H,5-7H2,1-2H3,(H,17,18). The number of ether oxygens (including phenoxy) is 1. The van der Waals surface area contributed by atoms with Crippen molar-refractivity contribution in [1.82, 2.24) is 14.7 Å². The third-order valence-electron chi connectivity index (χ3n) is 3.45. The molecule has 2 rings (SSSR count). The fourth-order valence-electron chi connectivity index (χ4n) is 2.51. The zero-order chi connectivity index (χ0) is 14.0. The van der Waals surface area contributed by atoms with Crippen molar-refractivity contribution in [2.75, 3.05) is 20.3 Å². The van der Waals surface area contributed by atoms with E-state index in [-0.39, 0.29) is 12.3 Å². The van der Waals surface area contributed by atoms with Crippen molar-refractivity contribution < 1.29 is 19.4 Å². The highest BCUT2D eigenvalue weighted by atomic mass is 16.5. The first-order chi connectivity index (χ1) is 9.06. The Kier molecular flexibility index (Phi) is 3.84. The molecule has 7 nitrogen and oxygen atoms in total. The van der Waals surface area contributed by atoms with Crippen LogP contribution in [0, 0.1) is 5.92 Å². The number of methoxy groups -OCH3 is 1. The number of rotatable bonds is 5. The minimum atomic E-state index is -0.959. The van der Waals surface area contributed by atoms with Crippen LogP contribution in [-0.2, 0) is 21.4 Å². The number of carboxylic acids is 1. The number of likely N-dealkylation sites (tertiary alicyclic amines) is 1. The molecule has 1 aliphatic heterocycles. The van der Waals surface area contributed by atoms with Crippen molar-refractivity contribution in [3.05, 3.63) is 18.0 Å². The Labute approximate surface area is 110 Å². The third kappa shape index (κ3) is 2.46. The predicted octanol–water partition coefficient (Wildman–Crippen LogP) is 0.0407. The second kappa shape index (κ2) is 5.40. The molecular formula is C12H17N3O4. The minimum absolute atomic E-state index is 0.0227. The topological polar surface area (TPSA) is 84.7 Å². The molecule has 1 amide bonds. The van der Waals surface area contributed by atoms with Crippen LogP contribution in [0.3, 0.4) is 0 Å². The van der Waals surface area contributed by atoms with E-state index >= 15 is 0 Å². The van der Waals surface area contributed by atoms with Gasteiger partial charge in [0.25, 0.3) is 0 Å². The number of aromatic nitrogens is 2. The first-order valence-electron chi connectivity index (χ1n) is 6.05. The SMILES string of the molecule is COCCN1C(=O)CC(C(=O)O)C1c1ccnn1C. The predicted molar refractivity (Wildman–Crippen MR) is 65.3 cm³/mol. The number of carbonyl (C=O) groups excluding carboxylic acids is 1. The average Bonchev–Trinajstić information content (AvgIpc) is 2.90. The molecule has 2 heterocycles. The Bertz CT molecular complexity index is 485. The van der Waals surface area contributed by atoms with Crippen LogP contribution in [0.1, 0.15) is 18.2 Å². The summed E-state index contributed by atoms with van der Waals surface area (Å²) in [7, 11) is 3.29. The summed E-state index contributed by atoms with van der Waals surface area (Å²) in [4.78, 5) is 24.9. The molecule has 1 fully saturated rings. The summed E-state index contributed by atoms with van der Waals surface area (Å²) in [5, 5.41) is 13.3. The minimum Gasteiger partial charge on any atom is -0.481 e. The first kappa shape index (κ1) is 13.5. The van der Waals surface area contributed by atoms with Gasteiger partial charge in [-0.3, -0.25) is 14.3 Å². The van der Waals surface area contributed by atoms with Gasteiger partial charge in [0, 0.05) is 33.3 Å². The van der Waals surface area contributed by atoms with Crippen LogP contribution >= 0.6 is 0 Å². The lowest BCUT2D eigenvalue weighted by atomic mass is 9.97. The van der Waals surface area contributed by atoms with E-state index in [0.717, 1.165) is 5.69 Å². The molecule has 7 heteroatoms. The number of carbonyl (C=O) groups is 2. The largest absolute Gasteiger partial charge is 0.481 e. The summed E-state index contributed by atoms with van der Waals surface area (Å²) in [6.45, 7) is 0.765. The maximum Gasteiger partial charge on any atom is 0.309 e. The second-order valence-electron chi connectivity index (χ2n) is 4.55. The molecule has 0 spiro atoms. The van der Waals surface area contributed by atoms with Crippen molar-refractivity contribution >= 4 is 11.9 Å². The highest BCUT2D eigenvalue weighted by Crippen LogP contribution is 2.37. The maximum absolute atomic E-state index is 12.0. The molecule has 0 radical (unpaired) electrons. The monoisotopic (exact) mass is 267 g/mol. The quantitative estimate of drug-likeness (QED) is 0.814. The van der Waals surface area contributed by atoms with Crippen LogP contribution < -0.4 is 0 Å². The van der Waals surface area contributed by atoms with E-state index in [0.29, 0.717) is 13.2 Å². The van der Waals surface area contributed by atoms with E-state index in [1.54, 1.807) is 36.0 Å². The molecule has 0 bridgehead atoms. The van der Waals surface area contributed by atoms with Crippen molar-refractivity contribution in [3.63, 3.8) is 0 Å². The van der Waals surface area contributed by atoms with Crippen LogP contribution in [0.25, 0.3) is 0 Å². The molecule has 0 aliphatic carbocycles. The van der Waals surface area contributed by atoms with Gasteiger partial charge in [-0.1, -0.05) is 0 Å². The fourth-order valence-corrected chi connectivity index (χ4v) is 2.51. The van der Waals surface area contributed by atoms with Crippen LogP contribution in [0.4, 0.5) is 0 Å². The summed E-state index contributed by atoms with van der Waals surface area (Å²) >= 11 is 0. The molecule has 1 N–H and O–H groups in total. The van der Waals surface area contributed by atoms with Gasteiger partial charge < -0.3 is 14.7 Å². The van der Waals surface area contributed by atoms with Gasteiger partial charge in [-0.2, -0.15) is 5.10 Å². The van der Waals surface area contributed by atoms with E-state index in [9.17, 15) is 14.7 Å². The molecule has 2 atom stereocenters. The molecule has 1 aliphatic rings. The van der Waals surface area contributed by atoms with Crippen LogP contribution in [0.15, 0.2) is 12.3 Å². The molecule has 19 heavy (non-hydrogen) atoms. The number of aliphatic carboxylic acids is 1. The molecule has 2 unspecified atom stereocenters. The highest BCUT2D eigenvalue weighted by molar-refractivity contribution is 5.87. The van der Waals surface area contributed by atoms with E-state index < -0.39 is 17.9 Å². The van der Waals surface area contributed by atoms with Crippen molar-refractivity contribution in [1.29, 1.82) is 0 Å². The van der Waals surface area contributed by atoms with Crippen molar-refractivity contribution in [2.45, 2.75) is 12.5 Å².